The van der Waals surface area contributed by atoms with E-state index in [0.717, 1.165) is 25.0 Å². The summed E-state index contributed by atoms with van der Waals surface area (Å²) in [7, 11) is 0. The third-order valence-electron chi connectivity index (χ3n) is 6.70. The fourth-order valence-corrected chi connectivity index (χ4v) is 4.78. The lowest BCUT2D eigenvalue weighted by Gasteiger charge is -2.30. The lowest BCUT2D eigenvalue weighted by Crippen LogP contribution is -2.28. The molecule has 1 aliphatic carbocycles. The molecule has 1 amide bonds. The van der Waals surface area contributed by atoms with Gasteiger partial charge < -0.3 is 15.4 Å². The second kappa shape index (κ2) is 11.5. The second-order valence-corrected chi connectivity index (χ2v) is 9.34. The average Bonchev–Trinajstić information content (AvgIpc) is 2.92. The van der Waals surface area contributed by atoms with Gasteiger partial charge in [0.2, 0.25) is 0 Å². The predicted octanol–water partition coefficient (Wildman–Crippen LogP) is 7.34. The van der Waals surface area contributed by atoms with Crippen molar-refractivity contribution >= 4 is 17.4 Å². The fraction of sp³-hybridized carbons (Fsp3) is 0.226. The normalized spacial score (nSPS) is 17.2. The van der Waals surface area contributed by atoms with Gasteiger partial charge in [-0.25, -0.2) is 4.98 Å². The predicted molar refractivity (Wildman–Crippen MR) is 145 cm³/mol. The highest BCUT2D eigenvalue weighted by Gasteiger charge is 2.23. The highest BCUT2D eigenvalue weighted by atomic mass is 16.5. The highest BCUT2D eigenvalue weighted by Crippen LogP contribution is 2.30. The number of anilines is 2. The number of hydrogen-bond acceptors (Lipinski definition) is 4. The van der Waals surface area contributed by atoms with E-state index in [9.17, 15) is 4.79 Å². The molecular weight excluding hydrogens is 446 g/mol. The topological polar surface area (TPSA) is 63.2 Å². The molecule has 0 aliphatic heterocycles. The number of rotatable bonds is 8. The Morgan fingerprint density at radius 1 is 0.778 bits per heavy atom. The number of carbonyl (C=O) groups is 1. The van der Waals surface area contributed by atoms with Crippen LogP contribution in [0.3, 0.4) is 0 Å². The van der Waals surface area contributed by atoms with E-state index in [1.165, 1.54) is 18.4 Å². The SMILES string of the molecule is O=C(Nc1ccc(Oc2ccccc2)cc1)c1cccnc1NC1CCC(Cc2ccccc2)CC1. The zero-order valence-electron chi connectivity index (χ0n) is 20.3. The molecular formula is C31H31N3O2. The molecule has 4 aromatic rings. The molecule has 1 saturated carbocycles. The Hall–Kier alpha value is -4.12. The minimum atomic E-state index is -0.180. The van der Waals surface area contributed by atoms with Gasteiger partial charge in [-0.3, -0.25) is 4.79 Å². The molecule has 182 valence electrons. The van der Waals surface area contributed by atoms with Crippen LogP contribution in [-0.2, 0) is 6.42 Å². The number of para-hydroxylation sites is 1. The van der Waals surface area contributed by atoms with Crippen LogP contribution in [0.1, 0.15) is 41.6 Å². The van der Waals surface area contributed by atoms with Crippen LogP contribution >= 0.6 is 0 Å². The molecule has 0 radical (unpaired) electrons. The van der Waals surface area contributed by atoms with Crippen molar-refractivity contribution in [1.29, 1.82) is 0 Å². The van der Waals surface area contributed by atoms with Gasteiger partial charge in [-0.1, -0.05) is 48.5 Å². The number of nitrogens with one attached hydrogen (secondary N) is 2. The first-order valence-electron chi connectivity index (χ1n) is 12.6. The van der Waals surface area contributed by atoms with E-state index in [4.69, 9.17) is 4.74 Å². The molecule has 0 spiro atoms. The smallest absolute Gasteiger partial charge is 0.259 e. The van der Waals surface area contributed by atoms with Crippen molar-refractivity contribution in [2.75, 3.05) is 10.6 Å². The lowest BCUT2D eigenvalue weighted by atomic mass is 9.82. The summed E-state index contributed by atoms with van der Waals surface area (Å²) >= 11 is 0. The Kier molecular flexibility index (Phi) is 7.57. The number of hydrogen-bond donors (Lipinski definition) is 2. The van der Waals surface area contributed by atoms with E-state index in [0.29, 0.717) is 34.8 Å². The summed E-state index contributed by atoms with van der Waals surface area (Å²) in [5.74, 6) is 2.66. The van der Waals surface area contributed by atoms with Gasteiger partial charge in [0.05, 0.1) is 5.56 Å². The van der Waals surface area contributed by atoms with Crippen LogP contribution in [0.15, 0.2) is 103 Å². The largest absolute Gasteiger partial charge is 0.457 e. The minimum Gasteiger partial charge on any atom is -0.457 e. The quantitative estimate of drug-likeness (QED) is 0.279. The third kappa shape index (κ3) is 6.30. The van der Waals surface area contributed by atoms with Crippen molar-refractivity contribution in [3.63, 3.8) is 0 Å². The molecule has 1 aromatic heterocycles. The van der Waals surface area contributed by atoms with Crippen molar-refractivity contribution in [1.82, 2.24) is 4.98 Å². The first-order valence-corrected chi connectivity index (χ1v) is 12.6. The van der Waals surface area contributed by atoms with Crippen molar-refractivity contribution in [3.8, 4) is 11.5 Å². The average molecular weight is 478 g/mol. The summed E-state index contributed by atoms with van der Waals surface area (Å²) in [5, 5.41) is 6.53. The number of amides is 1. The first-order chi connectivity index (χ1) is 17.7. The molecule has 3 aromatic carbocycles. The first kappa shape index (κ1) is 23.6. The zero-order chi connectivity index (χ0) is 24.6. The van der Waals surface area contributed by atoms with Crippen molar-refractivity contribution in [2.45, 2.75) is 38.1 Å². The van der Waals surface area contributed by atoms with Gasteiger partial charge in [0.1, 0.15) is 17.3 Å². The van der Waals surface area contributed by atoms with Crippen molar-refractivity contribution in [3.05, 3.63) is 114 Å². The van der Waals surface area contributed by atoms with Crippen LogP contribution < -0.4 is 15.4 Å². The van der Waals surface area contributed by atoms with Crippen molar-refractivity contribution < 1.29 is 9.53 Å². The van der Waals surface area contributed by atoms with Crippen LogP contribution in [0.2, 0.25) is 0 Å². The molecule has 0 atom stereocenters. The van der Waals surface area contributed by atoms with E-state index < -0.39 is 0 Å². The summed E-state index contributed by atoms with van der Waals surface area (Å²) < 4.78 is 5.83. The van der Waals surface area contributed by atoms with Crippen LogP contribution in [0.5, 0.6) is 11.5 Å². The van der Waals surface area contributed by atoms with Crippen LogP contribution in [-0.4, -0.2) is 16.9 Å². The highest BCUT2D eigenvalue weighted by molar-refractivity contribution is 6.07. The van der Waals surface area contributed by atoms with Gasteiger partial charge in [-0.2, -0.15) is 0 Å². The summed E-state index contributed by atoms with van der Waals surface area (Å²) in [5.41, 5.74) is 2.67. The molecule has 0 saturated heterocycles. The Bertz CT molecular complexity index is 1250. The van der Waals surface area contributed by atoms with E-state index in [2.05, 4.69) is 45.9 Å². The Balaban J connectivity index is 1.16. The summed E-state index contributed by atoms with van der Waals surface area (Å²) in [6, 6.07) is 31.7. The summed E-state index contributed by atoms with van der Waals surface area (Å²) in [4.78, 5) is 17.6. The maximum absolute atomic E-state index is 13.1. The van der Waals surface area contributed by atoms with Gasteiger partial charge >= 0.3 is 0 Å². The standard InChI is InChI=1S/C31H31N3O2/c35-31(34-26-17-19-28(20-18-26)36-27-10-5-2-6-11-27)29-12-7-21-32-30(29)33-25-15-13-24(14-16-25)22-23-8-3-1-4-9-23/h1-12,17-21,24-25H,13-16,22H2,(H,32,33)(H,34,35). The third-order valence-corrected chi connectivity index (χ3v) is 6.70. The van der Waals surface area contributed by atoms with Crippen LogP contribution in [0, 0.1) is 5.92 Å². The van der Waals surface area contributed by atoms with Gasteiger partial charge in [0.25, 0.3) is 5.91 Å². The zero-order valence-corrected chi connectivity index (χ0v) is 20.3. The Morgan fingerprint density at radius 2 is 1.44 bits per heavy atom. The monoisotopic (exact) mass is 477 g/mol. The Labute approximate surface area is 212 Å². The lowest BCUT2D eigenvalue weighted by molar-refractivity contribution is 0.102. The van der Waals surface area contributed by atoms with E-state index >= 15 is 0 Å². The maximum atomic E-state index is 13.1. The molecule has 1 heterocycles. The fourth-order valence-electron chi connectivity index (χ4n) is 4.78. The summed E-state index contributed by atoms with van der Waals surface area (Å²) in [6.07, 6.45) is 7.39. The molecule has 5 nitrogen and oxygen atoms in total. The van der Waals surface area contributed by atoms with Crippen LogP contribution in [0.25, 0.3) is 0 Å². The van der Waals surface area contributed by atoms with Gasteiger partial charge in [-0.15, -0.1) is 0 Å². The molecule has 36 heavy (non-hydrogen) atoms. The van der Waals surface area contributed by atoms with Crippen molar-refractivity contribution in [2.24, 2.45) is 5.92 Å². The molecule has 2 N–H and O–H groups in total. The number of pyridine rings is 1. The molecule has 1 fully saturated rings. The van der Waals surface area contributed by atoms with Gasteiger partial charge in [-0.05, 0) is 92.1 Å². The van der Waals surface area contributed by atoms with E-state index in [1.54, 1.807) is 12.3 Å². The van der Waals surface area contributed by atoms with E-state index in [1.807, 2.05) is 60.7 Å². The number of carbonyl (C=O) groups excluding carboxylic acids is 1. The summed E-state index contributed by atoms with van der Waals surface area (Å²) in [6.45, 7) is 0. The van der Waals surface area contributed by atoms with E-state index in [-0.39, 0.29) is 5.91 Å². The number of benzene rings is 3. The number of ether oxygens (including phenoxy) is 1. The molecule has 5 heteroatoms. The Morgan fingerprint density at radius 3 is 2.17 bits per heavy atom. The second-order valence-electron chi connectivity index (χ2n) is 9.34. The maximum Gasteiger partial charge on any atom is 0.259 e. The molecule has 5 rings (SSSR count). The van der Waals surface area contributed by atoms with Crippen LogP contribution in [0.4, 0.5) is 11.5 Å². The van der Waals surface area contributed by atoms with Gasteiger partial charge in [0.15, 0.2) is 0 Å². The molecule has 0 unspecified atom stereocenters. The number of nitrogens with zero attached hydrogens (tertiary/aromatic N) is 1. The molecule has 0 bridgehead atoms. The minimum absolute atomic E-state index is 0.180. The number of aromatic nitrogens is 1. The van der Waals surface area contributed by atoms with Gasteiger partial charge in [0, 0.05) is 17.9 Å². The molecule has 1 aliphatic rings.